The number of aryl methyl sites for hydroxylation is 1. The number of carbonyl (C=O) groups excluding carboxylic acids is 1. The molecule has 0 unspecified atom stereocenters. The van der Waals surface area contributed by atoms with Crippen LogP contribution in [-0.4, -0.2) is 51.1 Å². The zero-order valence-corrected chi connectivity index (χ0v) is 15.9. The summed E-state index contributed by atoms with van der Waals surface area (Å²) in [6, 6.07) is 2.03. The highest BCUT2D eigenvalue weighted by atomic mass is 16.5. The van der Waals surface area contributed by atoms with Crippen LogP contribution < -0.4 is 4.74 Å². The molecule has 3 rings (SSSR count). The van der Waals surface area contributed by atoms with Gasteiger partial charge in [0.2, 0.25) is 17.7 Å². The van der Waals surface area contributed by atoms with Crippen LogP contribution in [0, 0.1) is 0 Å². The van der Waals surface area contributed by atoms with Gasteiger partial charge in [0.1, 0.15) is 0 Å². The minimum atomic E-state index is 0.0264. The Bertz CT molecular complexity index is 802. The molecule has 3 heterocycles. The predicted molar refractivity (Wildman–Crippen MR) is 94.6 cm³/mol. The first kappa shape index (κ1) is 18.3. The summed E-state index contributed by atoms with van der Waals surface area (Å²) in [7, 11) is 3.55. The third-order valence-corrected chi connectivity index (χ3v) is 4.43. The van der Waals surface area contributed by atoms with Crippen molar-refractivity contribution in [3.63, 3.8) is 0 Å². The van der Waals surface area contributed by atoms with Gasteiger partial charge in [0.25, 0.3) is 5.91 Å². The van der Waals surface area contributed by atoms with Crippen LogP contribution in [-0.2, 0) is 26.1 Å². The molecular weight excluding hydrogens is 334 g/mol. The molecule has 26 heavy (non-hydrogen) atoms. The Morgan fingerprint density at radius 2 is 2.04 bits per heavy atom. The summed E-state index contributed by atoms with van der Waals surface area (Å²) in [5.74, 6) is 1.77. The van der Waals surface area contributed by atoms with Crippen LogP contribution in [0.3, 0.4) is 0 Å². The molecular formula is C18H25N5O3. The summed E-state index contributed by atoms with van der Waals surface area (Å²) in [5, 5.41) is 8.02. The van der Waals surface area contributed by atoms with Crippen molar-refractivity contribution in [3.05, 3.63) is 34.7 Å². The zero-order valence-electron chi connectivity index (χ0n) is 15.9. The average molecular weight is 359 g/mol. The summed E-state index contributed by atoms with van der Waals surface area (Å²) in [5.41, 5.74) is 2.30. The molecule has 1 aliphatic heterocycles. The Morgan fingerprint density at radius 3 is 2.65 bits per heavy atom. The molecule has 8 nitrogen and oxygen atoms in total. The lowest BCUT2D eigenvalue weighted by Crippen LogP contribution is -2.30. The minimum absolute atomic E-state index is 0.0264. The van der Waals surface area contributed by atoms with Crippen molar-refractivity contribution in [1.82, 2.24) is 25.0 Å². The highest BCUT2D eigenvalue weighted by Crippen LogP contribution is 2.29. The molecule has 0 aromatic carbocycles. The third kappa shape index (κ3) is 3.55. The van der Waals surface area contributed by atoms with Gasteiger partial charge in [-0.3, -0.25) is 9.69 Å². The van der Waals surface area contributed by atoms with Gasteiger partial charge in [-0.15, -0.1) is 10.2 Å². The van der Waals surface area contributed by atoms with Gasteiger partial charge in [-0.05, 0) is 27.0 Å². The Labute approximate surface area is 153 Å². The van der Waals surface area contributed by atoms with Crippen molar-refractivity contribution < 1.29 is 13.9 Å². The molecule has 8 heteroatoms. The molecule has 1 amide bonds. The van der Waals surface area contributed by atoms with Crippen LogP contribution in [0.1, 0.15) is 54.2 Å². The number of nitrogens with zero attached hydrogens (tertiary/aromatic N) is 5. The maximum absolute atomic E-state index is 12.6. The SMILES string of the molecule is CCc1nnc(CN(C)Cc2cc3c(nc2OC)CN(C(C)C)C3=O)o1. The van der Waals surface area contributed by atoms with Crippen LogP contribution in [0.4, 0.5) is 0 Å². The first-order valence-electron chi connectivity index (χ1n) is 8.80. The van der Waals surface area contributed by atoms with Gasteiger partial charge in [-0.2, -0.15) is 0 Å². The van der Waals surface area contributed by atoms with E-state index in [4.69, 9.17) is 9.15 Å². The molecule has 0 radical (unpaired) electrons. The van der Waals surface area contributed by atoms with Crippen molar-refractivity contribution >= 4 is 5.91 Å². The molecule has 2 aromatic heterocycles. The average Bonchev–Trinajstić information content (AvgIpc) is 3.18. The van der Waals surface area contributed by atoms with E-state index in [0.29, 0.717) is 49.3 Å². The number of aromatic nitrogens is 3. The first-order chi connectivity index (χ1) is 12.4. The van der Waals surface area contributed by atoms with E-state index in [1.165, 1.54) is 0 Å². The summed E-state index contributed by atoms with van der Waals surface area (Å²) >= 11 is 0. The monoisotopic (exact) mass is 359 g/mol. The highest BCUT2D eigenvalue weighted by molar-refractivity contribution is 5.98. The fraction of sp³-hybridized carbons (Fsp3) is 0.556. The van der Waals surface area contributed by atoms with E-state index in [9.17, 15) is 4.79 Å². The third-order valence-electron chi connectivity index (χ3n) is 4.43. The fourth-order valence-corrected chi connectivity index (χ4v) is 3.05. The lowest BCUT2D eigenvalue weighted by atomic mass is 10.1. The minimum Gasteiger partial charge on any atom is -0.481 e. The number of carbonyl (C=O) groups is 1. The second kappa shape index (κ2) is 7.41. The van der Waals surface area contributed by atoms with Gasteiger partial charge in [-0.25, -0.2) is 4.98 Å². The molecule has 140 valence electrons. The normalized spacial score (nSPS) is 13.8. The van der Waals surface area contributed by atoms with Crippen molar-refractivity contribution in [3.8, 4) is 5.88 Å². The number of hydrogen-bond donors (Lipinski definition) is 0. The van der Waals surface area contributed by atoms with Gasteiger partial charge in [0, 0.05) is 24.6 Å². The van der Waals surface area contributed by atoms with E-state index in [1.807, 2.05) is 43.7 Å². The van der Waals surface area contributed by atoms with E-state index in [-0.39, 0.29) is 11.9 Å². The number of methoxy groups -OCH3 is 1. The fourth-order valence-electron chi connectivity index (χ4n) is 3.05. The van der Waals surface area contributed by atoms with Crippen molar-refractivity contribution in [2.45, 2.75) is 52.9 Å². The molecule has 0 bridgehead atoms. The second-order valence-electron chi connectivity index (χ2n) is 6.79. The largest absolute Gasteiger partial charge is 0.481 e. The van der Waals surface area contributed by atoms with E-state index >= 15 is 0 Å². The maximum Gasteiger partial charge on any atom is 0.256 e. The lowest BCUT2D eigenvalue weighted by Gasteiger charge is -2.19. The Kier molecular flexibility index (Phi) is 5.22. The van der Waals surface area contributed by atoms with Crippen LogP contribution in [0.15, 0.2) is 10.5 Å². The number of rotatable bonds is 7. The number of pyridine rings is 1. The Morgan fingerprint density at radius 1 is 1.31 bits per heavy atom. The molecule has 1 aliphatic rings. The van der Waals surface area contributed by atoms with Crippen molar-refractivity contribution in [1.29, 1.82) is 0 Å². The van der Waals surface area contributed by atoms with Crippen molar-refractivity contribution in [2.75, 3.05) is 14.2 Å². The summed E-state index contributed by atoms with van der Waals surface area (Å²) in [6.45, 7) is 7.58. The predicted octanol–water partition coefficient (Wildman–Crippen LogP) is 2.03. The topological polar surface area (TPSA) is 84.6 Å². The lowest BCUT2D eigenvalue weighted by molar-refractivity contribution is 0.0730. The van der Waals surface area contributed by atoms with Crippen LogP contribution in [0.5, 0.6) is 5.88 Å². The quantitative estimate of drug-likeness (QED) is 0.748. The number of amides is 1. The van der Waals surface area contributed by atoms with Crippen LogP contribution >= 0.6 is 0 Å². The summed E-state index contributed by atoms with van der Waals surface area (Å²) in [6.07, 6.45) is 0.716. The van der Waals surface area contributed by atoms with E-state index in [0.717, 1.165) is 11.3 Å². The van der Waals surface area contributed by atoms with Gasteiger partial charge >= 0.3 is 0 Å². The second-order valence-corrected chi connectivity index (χ2v) is 6.79. The molecule has 0 saturated heterocycles. The summed E-state index contributed by atoms with van der Waals surface area (Å²) < 4.78 is 11.0. The molecule has 0 saturated carbocycles. The number of fused-ring (bicyclic) bond motifs is 1. The Hall–Kier alpha value is -2.48. The molecule has 0 N–H and O–H groups in total. The smallest absolute Gasteiger partial charge is 0.256 e. The number of hydrogen-bond acceptors (Lipinski definition) is 7. The molecule has 2 aromatic rings. The molecule has 0 atom stereocenters. The molecule has 0 aliphatic carbocycles. The maximum atomic E-state index is 12.6. The first-order valence-corrected chi connectivity index (χ1v) is 8.80. The van der Waals surface area contributed by atoms with Crippen LogP contribution in [0.25, 0.3) is 0 Å². The van der Waals surface area contributed by atoms with Gasteiger partial charge in [-0.1, -0.05) is 6.92 Å². The van der Waals surface area contributed by atoms with E-state index in [2.05, 4.69) is 15.2 Å². The van der Waals surface area contributed by atoms with E-state index in [1.54, 1.807) is 7.11 Å². The standard InChI is InChI=1S/C18H25N5O3/c1-6-15-20-21-16(26-15)10-22(4)8-12-7-13-14(19-17(12)25-5)9-23(11(2)3)18(13)24/h7,11H,6,8-10H2,1-5H3. The zero-order chi connectivity index (χ0) is 18.8. The molecule has 0 fully saturated rings. The molecule has 0 spiro atoms. The van der Waals surface area contributed by atoms with Gasteiger partial charge < -0.3 is 14.1 Å². The Balaban J connectivity index is 1.78. The van der Waals surface area contributed by atoms with Gasteiger partial charge in [0.05, 0.1) is 31.5 Å². The van der Waals surface area contributed by atoms with E-state index < -0.39 is 0 Å². The highest BCUT2D eigenvalue weighted by Gasteiger charge is 2.32. The summed E-state index contributed by atoms with van der Waals surface area (Å²) in [4.78, 5) is 21.0. The van der Waals surface area contributed by atoms with Crippen LogP contribution in [0.2, 0.25) is 0 Å². The van der Waals surface area contributed by atoms with Gasteiger partial charge in [0.15, 0.2) is 0 Å². The number of ether oxygens (including phenoxy) is 1. The van der Waals surface area contributed by atoms with Crippen molar-refractivity contribution in [2.24, 2.45) is 0 Å².